The monoisotopic (exact) mass is 334 g/mol. The Morgan fingerprint density at radius 1 is 1.39 bits per heavy atom. The maximum atomic E-state index is 13.3. The van der Waals surface area contributed by atoms with Crippen molar-refractivity contribution in [1.29, 1.82) is 0 Å². The van der Waals surface area contributed by atoms with Gasteiger partial charge in [0.15, 0.2) is 5.58 Å². The van der Waals surface area contributed by atoms with Gasteiger partial charge in [0.05, 0.1) is 11.4 Å². The highest BCUT2D eigenvalue weighted by molar-refractivity contribution is 6.35. The highest BCUT2D eigenvalue weighted by Crippen LogP contribution is 2.31. The van der Waals surface area contributed by atoms with Crippen LogP contribution in [0.2, 0.25) is 5.02 Å². The summed E-state index contributed by atoms with van der Waals surface area (Å²) in [5.41, 5.74) is 2.57. The van der Waals surface area contributed by atoms with Crippen LogP contribution < -0.4 is 5.32 Å². The second-order valence-corrected chi connectivity index (χ2v) is 5.44. The van der Waals surface area contributed by atoms with Crippen molar-refractivity contribution in [3.8, 4) is 0 Å². The van der Waals surface area contributed by atoms with Crippen molar-refractivity contribution in [1.82, 2.24) is 4.98 Å². The van der Waals surface area contributed by atoms with Crippen LogP contribution in [0.4, 0.5) is 16.1 Å². The Morgan fingerprint density at radius 2 is 2.17 bits per heavy atom. The number of nitrogens with one attached hydrogen (secondary N) is 1. The van der Waals surface area contributed by atoms with E-state index in [0.29, 0.717) is 22.4 Å². The summed E-state index contributed by atoms with van der Waals surface area (Å²) < 4.78 is 18.9. The first-order valence-electron chi connectivity index (χ1n) is 6.77. The van der Waals surface area contributed by atoms with Crippen LogP contribution in [0.1, 0.15) is 11.1 Å². The number of hydrogen-bond donors (Lipinski definition) is 2. The molecule has 2 N–H and O–H groups in total. The highest BCUT2D eigenvalue weighted by Gasteiger charge is 2.15. The van der Waals surface area contributed by atoms with E-state index in [2.05, 4.69) is 10.3 Å². The van der Waals surface area contributed by atoms with E-state index >= 15 is 0 Å². The number of aromatic nitrogens is 1. The van der Waals surface area contributed by atoms with Gasteiger partial charge in [0, 0.05) is 5.69 Å². The van der Waals surface area contributed by atoms with Crippen LogP contribution in [-0.2, 0) is 11.2 Å². The van der Waals surface area contributed by atoms with Gasteiger partial charge in [-0.2, -0.15) is 4.98 Å². The highest BCUT2D eigenvalue weighted by atomic mass is 35.5. The zero-order chi connectivity index (χ0) is 16.6. The van der Waals surface area contributed by atoms with Gasteiger partial charge in [-0.3, -0.25) is 4.79 Å². The molecule has 1 aromatic heterocycles. The topological polar surface area (TPSA) is 75.4 Å². The van der Waals surface area contributed by atoms with E-state index in [1.807, 2.05) is 6.92 Å². The molecule has 3 aromatic rings. The number of hydrogen-bond acceptors (Lipinski definition) is 4. The molecule has 0 saturated carbocycles. The lowest BCUT2D eigenvalue weighted by atomic mass is 10.1. The molecule has 118 valence electrons. The SMILES string of the molecule is Cc1ccc(F)cc1Nc1nc2ccc(CC(=O)O)c(Cl)c2o1. The molecule has 0 saturated heterocycles. The number of oxazole rings is 1. The predicted molar refractivity (Wildman–Crippen MR) is 84.8 cm³/mol. The fourth-order valence-electron chi connectivity index (χ4n) is 2.20. The molecule has 0 fully saturated rings. The molecular formula is C16H12ClFN2O3. The average Bonchev–Trinajstić information content (AvgIpc) is 2.89. The molecular weight excluding hydrogens is 323 g/mol. The molecule has 2 aromatic carbocycles. The number of carboxylic acid groups (broad SMARTS) is 1. The van der Waals surface area contributed by atoms with Crippen LogP contribution >= 0.6 is 11.6 Å². The fourth-order valence-corrected chi connectivity index (χ4v) is 2.46. The van der Waals surface area contributed by atoms with Crippen LogP contribution in [0.5, 0.6) is 0 Å². The molecule has 0 atom stereocenters. The van der Waals surface area contributed by atoms with Gasteiger partial charge in [0.25, 0.3) is 6.01 Å². The Bertz CT molecular complexity index is 908. The number of benzene rings is 2. The number of nitrogens with zero attached hydrogens (tertiary/aromatic N) is 1. The molecule has 3 rings (SSSR count). The number of carbonyl (C=O) groups is 1. The number of anilines is 2. The van der Waals surface area contributed by atoms with Crippen molar-refractivity contribution in [2.45, 2.75) is 13.3 Å². The zero-order valence-electron chi connectivity index (χ0n) is 12.1. The largest absolute Gasteiger partial charge is 0.481 e. The predicted octanol–water partition coefficient (Wildman–Crippen LogP) is 4.30. The van der Waals surface area contributed by atoms with E-state index in [1.165, 1.54) is 12.1 Å². The first-order chi connectivity index (χ1) is 10.9. The molecule has 1 heterocycles. The van der Waals surface area contributed by atoms with Crippen molar-refractivity contribution < 1.29 is 18.7 Å². The molecule has 23 heavy (non-hydrogen) atoms. The van der Waals surface area contributed by atoms with Gasteiger partial charge in [-0.25, -0.2) is 4.39 Å². The molecule has 0 radical (unpaired) electrons. The average molecular weight is 335 g/mol. The molecule has 0 aliphatic carbocycles. The van der Waals surface area contributed by atoms with Crippen LogP contribution in [0.25, 0.3) is 11.1 Å². The standard InChI is InChI=1S/C16H12ClFN2O3/c1-8-2-4-10(18)7-12(8)20-16-19-11-5-3-9(6-13(21)22)14(17)15(11)23-16/h2-5,7H,6H2,1H3,(H,19,20)(H,21,22). The third-order valence-corrected chi connectivity index (χ3v) is 3.77. The second-order valence-electron chi connectivity index (χ2n) is 5.06. The van der Waals surface area contributed by atoms with E-state index in [9.17, 15) is 9.18 Å². The Labute approximate surface area is 135 Å². The van der Waals surface area contributed by atoms with Gasteiger partial charge in [-0.1, -0.05) is 23.7 Å². The third-order valence-electron chi connectivity index (χ3n) is 3.36. The van der Waals surface area contributed by atoms with Gasteiger partial charge in [0.2, 0.25) is 0 Å². The van der Waals surface area contributed by atoms with Crippen molar-refractivity contribution in [2.24, 2.45) is 0 Å². The van der Waals surface area contributed by atoms with Crippen LogP contribution in [-0.4, -0.2) is 16.1 Å². The lowest BCUT2D eigenvalue weighted by Crippen LogP contribution is -2.00. The maximum absolute atomic E-state index is 13.3. The lowest BCUT2D eigenvalue weighted by molar-refractivity contribution is -0.136. The molecule has 0 unspecified atom stereocenters. The third kappa shape index (κ3) is 3.12. The van der Waals surface area contributed by atoms with E-state index in [-0.39, 0.29) is 23.3 Å². The smallest absolute Gasteiger partial charge is 0.307 e. The maximum Gasteiger partial charge on any atom is 0.307 e. The van der Waals surface area contributed by atoms with E-state index in [4.69, 9.17) is 21.1 Å². The van der Waals surface area contributed by atoms with E-state index in [0.717, 1.165) is 5.56 Å². The van der Waals surface area contributed by atoms with Crippen molar-refractivity contribution >= 4 is 40.4 Å². The molecule has 7 heteroatoms. The summed E-state index contributed by atoms with van der Waals surface area (Å²) in [5, 5.41) is 12.0. The summed E-state index contributed by atoms with van der Waals surface area (Å²) in [4.78, 5) is 15.0. The second kappa shape index (κ2) is 5.89. The number of fused-ring (bicyclic) bond motifs is 1. The Kier molecular flexibility index (Phi) is 3.92. The van der Waals surface area contributed by atoms with Crippen molar-refractivity contribution in [3.63, 3.8) is 0 Å². The normalized spacial score (nSPS) is 10.9. The summed E-state index contributed by atoms with van der Waals surface area (Å²) in [6.45, 7) is 1.82. The summed E-state index contributed by atoms with van der Waals surface area (Å²) in [5.74, 6) is -1.37. The van der Waals surface area contributed by atoms with Crippen LogP contribution in [0, 0.1) is 12.7 Å². The van der Waals surface area contributed by atoms with Crippen LogP contribution in [0.3, 0.4) is 0 Å². The first kappa shape index (κ1) is 15.3. The molecule has 0 spiro atoms. The fraction of sp³-hybridized carbons (Fsp3) is 0.125. The number of halogens is 2. The minimum Gasteiger partial charge on any atom is -0.481 e. The summed E-state index contributed by atoms with van der Waals surface area (Å²) in [7, 11) is 0. The van der Waals surface area contributed by atoms with Gasteiger partial charge in [-0.15, -0.1) is 0 Å². The van der Waals surface area contributed by atoms with Gasteiger partial charge in [0.1, 0.15) is 11.3 Å². The summed E-state index contributed by atoms with van der Waals surface area (Å²) >= 11 is 6.17. The number of carboxylic acids is 1. The molecule has 0 aliphatic rings. The quantitative estimate of drug-likeness (QED) is 0.744. The molecule has 0 bridgehead atoms. The summed E-state index contributed by atoms with van der Waals surface area (Å²) in [6.07, 6.45) is -0.207. The zero-order valence-corrected chi connectivity index (χ0v) is 12.8. The molecule has 5 nitrogen and oxygen atoms in total. The molecule has 0 amide bonds. The first-order valence-corrected chi connectivity index (χ1v) is 7.14. The minimum atomic E-state index is -0.987. The van der Waals surface area contributed by atoms with Gasteiger partial charge >= 0.3 is 5.97 Å². The van der Waals surface area contributed by atoms with Crippen molar-refractivity contribution in [2.75, 3.05) is 5.32 Å². The summed E-state index contributed by atoms with van der Waals surface area (Å²) in [6, 6.07) is 7.72. The van der Waals surface area contributed by atoms with E-state index < -0.39 is 5.97 Å². The minimum absolute atomic E-state index is 0.156. The number of aryl methyl sites for hydroxylation is 1. The van der Waals surface area contributed by atoms with Gasteiger partial charge in [-0.05, 0) is 36.2 Å². The van der Waals surface area contributed by atoms with E-state index in [1.54, 1.807) is 18.2 Å². The van der Waals surface area contributed by atoms with Crippen molar-refractivity contribution in [3.05, 3.63) is 52.3 Å². The van der Waals surface area contributed by atoms with Gasteiger partial charge < -0.3 is 14.8 Å². The molecule has 0 aliphatic heterocycles. The lowest BCUT2D eigenvalue weighted by Gasteiger charge is -2.05. The number of aliphatic carboxylic acids is 1. The number of rotatable bonds is 4. The van der Waals surface area contributed by atoms with Crippen LogP contribution in [0.15, 0.2) is 34.7 Å². The Hall–Kier alpha value is -2.60. The Morgan fingerprint density at radius 3 is 2.91 bits per heavy atom. The Balaban J connectivity index is 1.98.